The van der Waals surface area contributed by atoms with Gasteiger partial charge in [0.15, 0.2) is 0 Å². The Bertz CT molecular complexity index is 1360. The van der Waals surface area contributed by atoms with E-state index in [1.807, 2.05) is 10.7 Å². The van der Waals surface area contributed by atoms with E-state index < -0.39 is 34.9 Å². The molecule has 1 aromatic heterocycles. The molecule has 5 rings (SSSR count). The normalized spacial score (nSPS) is 26.9. The fourth-order valence-electron chi connectivity index (χ4n) is 6.17. The van der Waals surface area contributed by atoms with Gasteiger partial charge in [-0.3, -0.25) is 14.9 Å². The number of hydrogen-bond acceptors (Lipinski definition) is 7. The summed E-state index contributed by atoms with van der Waals surface area (Å²) in [6, 6.07) is 11.1. The third-order valence-corrected chi connectivity index (χ3v) is 8.38. The van der Waals surface area contributed by atoms with Crippen molar-refractivity contribution in [1.82, 2.24) is 20.0 Å². The molecular formula is C27H30F3N7O. The molecule has 1 spiro atoms. The van der Waals surface area contributed by atoms with E-state index in [1.54, 1.807) is 31.2 Å². The molecule has 200 valence electrons. The number of alkyl halides is 3. The molecule has 1 fully saturated rings. The molecule has 4 heterocycles. The van der Waals surface area contributed by atoms with Crippen LogP contribution in [0.15, 0.2) is 46.7 Å². The van der Waals surface area contributed by atoms with Gasteiger partial charge in [0.05, 0.1) is 28.4 Å². The van der Waals surface area contributed by atoms with Gasteiger partial charge in [-0.15, -0.1) is 0 Å². The fourth-order valence-corrected chi connectivity index (χ4v) is 6.17. The lowest BCUT2D eigenvalue weighted by molar-refractivity contribution is -0.113. The van der Waals surface area contributed by atoms with Gasteiger partial charge >= 0.3 is 6.18 Å². The predicted molar refractivity (Wildman–Crippen MR) is 135 cm³/mol. The number of carbonyl (C=O) groups excluding carboxylic acids is 1. The van der Waals surface area contributed by atoms with Gasteiger partial charge < -0.3 is 10.5 Å². The van der Waals surface area contributed by atoms with Gasteiger partial charge in [0, 0.05) is 55.5 Å². The lowest BCUT2D eigenvalue weighted by Crippen LogP contribution is -2.47. The van der Waals surface area contributed by atoms with Crippen LogP contribution >= 0.6 is 0 Å². The second kappa shape index (κ2) is 9.36. The van der Waals surface area contributed by atoms with Crippen LogP contribution in [0.2, 0.25) is 0 Å². The Hall–Kier alpha value is -3.49. The van der Waals surface area contributed by atoms with Gasteiger partial charge in [-0.1, -0.05) is 25.1 Å². The second-order valence-electron chi connectivity index (χ2n) is 10.7. The molecule has 2 aromatic rings. The molecule has 4 unspecified atom stereocenters. The number of rotatable bonds is 6. The van der Waals surface area contributed by atoms with Crippen molar-refractivity contribution in [3.8, 4) is 6.07 Å². The maximum atomic E-state index is 13.6. The number of nitrogens with two attached hydrogens (primary N) is 1. The first kappa shape index (κ1) is 26.1. The predicted octanol–water partition coefficient (Wildman–Crippen LogP) is 3.30. The summed E-state index contributed by atoms with van der Waals surface area (Å²) in [6.45, 7) is 5.95. The first-order chi connectivity index (χ1) is 18.0. The minimum atomic E-state index is -4.55. The number of nitrogens with one attached hydrogen (secondary N) is 1. The van der Waals surface area contributed by atoms with Crippen LogP contribution in [0, 0.1) is 17.2 Å². The van der Waals surface area contributed by atoms with E-state index in [4.69, 9.17) is 10.8 Å². The second-order valence-corrected chi connectivity index (χ2v) is 10.7. The highest BCUT2D eigenvalue weighted by atomic mass is 19.4. The standard InChI is InChI=1S/C27H30F3N7O/c1-17-19(13-33-24(32)23(17)27(28,29)30)21-11-22-26(8-10-37(22)35-21)7-9-36(14-26)16-34-25(2,15-38)20-6-4-3-5-18(20)12-31/h3-6,11,13,15,17,19,34H,7-10,14,16,32H2,1-2H3. The van der Waals surface area contributed by atoms with Crippen LogP contribution in [0.5, 0.6) is 0 Å². The zero-order chi connectivity index (χ0) is 27.3. The minimum Gasteiger partial charge on any atom is -0.383 e. The van der Waals surface area contributed by atoms with Crippen LogP contribution in [-0.2, 0) is 22.3 Å². The molecular weight excluding hydrogens is 495 g/mol. The molecule has 11 heteroatoms. The largest absolute Gasteiger partial charge is 0.416 e. The van der Waals surface area contributed by atoms with E-state index in [9.17, 15) is 23.2 Å². The van der Waals surface area contributed by atoms with Crippen molar-refractivity contribution < 1.29 is 18.0 Å². The Labute approximate surface area is 219 Å². The third kappa shape index (κ3) is 4.31. The van der Waals surface area contributed by atoms with Gasteiger partial charge in [-0.25, -0.2) is 4.99 Å². The molecule has 8 nitrogen and oxygen atoms in total. The van der Waals surface area contributed by atoms with E-state index >= 15 is 0 Å². The van der Waals surface area contributed by atoms with Gasteiger partial charge in [-0.05, 0) is 37.5 Å². The number of nitrogens with zero attached hydrogens (tertiary/aromatic N) is 5. The average molecular weight is 526 g/mol. The summed E-state index contributed by atoms with van der Waals surface area (Å²) in [4.78, 5) is 18.2. The highest BCUT2D eigenvalue weighted by molar-refractivity contribution is 5.72. The topological polar surface area (TPSA) is 112 Å². The van der Waals surface area contributed by atoms with E-state index in [1.165, 1.54) is 13.1 Å². The first-order valence-corrected chi connectivity index (χ1v) is 12.6. The summed E-state index contributed by atoms with van der Waals surface area (Å²) < 4.78 is 42.8. The molecule has 0 radical (unpaired) electrons. The molecule has 3 N–H and O–H groups in total. The van der Waals surface area contributed by atoms with Crippen LogP contribution in [0.3, 0.4) is 0 Å². The molecule has 3 aliphatic heterocycles. The Morgan fingerprint density at radius 1 is 1.29 bits per heavy atom. The van der Waals surface area contributed by atoms with Crippen molar-refractivity contribution in [2.45, 2.75) is 56.3 Å². The Balaban J connectivity index is 1.32. The van der Waals surface area contributed by atoms with Crippen LogP contribution < -0.4 is 11.1 Å². The van der Waals surface area contributed by atoms with Crippen LogP contribution in [-0.4, -0.2) is 53.1 Å². The lowest BCUT2D eigenvalue weighted by Gasteiger charge is -2.30. The molecule has 1 aromatic carbocycles. The monoisotopic (exact) mass is 525 g/mol. The SMILES string of the molecule is CC1C(C(F)(F)F)=C(N)N=CC1c1cc2n(n1)CCC21CCN(CNC(C)(C=O)c2ccccc2C#N)C1. The molecule has 1 saturated heterocycles. The zero-order valence-electron chi connectivity index (χ0n) is 21.3. The summed E-state index contributed by atoms with van der Waals surface area (Å²) in [6.07, 6.45) is -0.476. The molecule has 0 saturated carbocycles. The summed E-state index contributed by atoms with van der Waals surface area (Å²) in [5.41, 5.74) is 6.28. The summed E-state index contributed by atoms with van der Waals surface area (Å²) in [5.74, 6) is -1.98. The molecule has 38 heavy (non-hydrogen) atoms. The van der Waals surface area contributed by atoms with Gasteiger partial charge in [0.2, 0.25) is 0 Å². The number of halogens is 3. The van der Waals surface area contributed by atoms with Crippen molar-refractivity contribution in [3.63, 3.8) is 0 Å². The minimum absolute atomic E-state index is 0.161. The number of allylic oxidation sites excluding steroid dienone is 1. The smallest absolute Gasteiger partial charge is 0.383 e. The number of nitriles is 1. The number of fused-ring (bicyclic) bond motifs is 2. The number of aryl methyl sites for hydroxylation is 1. The summed E-state index contributed by atoms with van der Waals surface area (Å²) in [7, 11) is 0. The van der Waals surface area contributed by atoms with Gasteiger partial charge in [0.25, 0.3) is 0 Å². The molecule has 4 atom stereocenters. The van der Waals surface area contributed by atoms with Crippen molar-refractivity contribution in [2.24, 2.45) is 16.6 Å². The van der Waals surface area contributed by atoms with Crippen molar-refractivity contribution in [3.05, 3.63) is 64.2 Å². The number of aldehydes is 1. The highest BCUT2D eigenvalue weighted by Gasteiger charge is 2.48. The van der Waals surface area contributed by atoms with Crippen LogP contribution in [0.25, 0.3) is 0 Å². The summed E-state index contributed by atoms with van der Waals surface area (Å²) >= 11 is 0. The molecule has 3 aliphatic rings. The maximum Gasteiger partial charge on any atom is 0.416 e. The van der Waals surface area contributed by atoms with Crippen molar-refractivity contribution >= 4 is 12.5 Å². The lowest BCUT2D eigenvalue weighted by atomic mass is 9.80. The number of likely N-dealkylation sites (tertiary alicyclic amines) is 1. The number of hydrogen-bond donors (Lipinski definition) is 2. The first-order valence-electron chi connectivity index (χ1n) is 12.6. The maximum absolute atomic E-state index is 13.6. The zero-order valence-corrected chi connectivity index (χ0v) is 21.3. The Morgan fingerprint density at radius 2 is 2.03 bits per heavy atom. The van der Waals surface area contributed by atoms with Crippen LogP contribution in [0.1, 0.15) is 55.1 Å². The molecule has 0 amide bonds. The number of aliphatic imine (C=N–C) groups is 1. The Kier molecular flexibility index (Phi) is 6.44. The van der Waals surface area contributed by atoms with Crippen LogP contribution in [0.4, 0.5) is 13.2 Å². The van der Waals surface area contributed by atoms with Gasteiger partial charge in [-0.2, -0.15) is 23.5 Å². The average Bonchev–Trinajstić information content (AvgIpc) is 3.58. The molecule has 0 aliphatic carbocycles. The van der Waals surface area contributed by atoms with Gasteiger partial charge in [0.1, 0.15) is 12.1 Å². The quantitative estimate of drug-likeness (QED) is 0.560. The Morgan fingerprint density at radius 3 is 2.74 bits per heavy atom. The van der Waals surface area contributed by atoms with E-state index in [0.717, 1.165) is 37.9 Å². The van der Waals surface area contributed by atoms with E-state index in [2.05, 4.69) is 21.3 Å². The number of aromatic nitrogens is 2. The van der Waals surface area contributed by atoms with Crippen molar-refractivity contribution in [1.29, 1.82) is 5.26 Å². The third-order valence-electron chi connectivity index (χ3n) is 8.38. The fraction of sp³-hybridized carbons (Fsp3) is 0.481. The summed E-state index contributed by atoms with van der Waals surface area (Å²) in [5, 5.41) is 17.5. The number of carbonyl (C=O) groups is 1. The highest BCUT2D eigenvalue weighted by Crippen LogP contribution is 2.46. The van der Waals surface area contributed by atoms with E-state index in [-0.39, 0.29) is 5.41 Å². The van der Waals surface area contributed by atoms with E-state index in [0.29, 0.717) is 30.0 Å². The number of benzene rings is 1. The van der Waals surface area contributed by atoms with Crippen molar-refractivity contribution in [2.75, 3.05) is 19.8 Å². The molecule has 0 bridgehead atoms.